The van der Waals surface area contributed by atoms with Gasteiger partial charge >= 0.3 is 18.0 Å². The fourth-order valence-corrected chi connectivity index (χ4v) is 2.81. The van der Waals surface area contributed by atoms with Crippen LogP contribution >= 0.6 is 0 Å². The number of carbonyl (C=O) groups excluding carboxylic acids is 3. The maximum absolute atomic E-state index is 12.3. The summed E-state index contributed by atoms with van der Waals surface area (Å²) in [6.45, 7) is 7.93. The average Bonchev–Trinajstić information content (AvgIpc) is 2.98. The monoisotopic (exact) mass is 381 g/mol. The van der Waals surface area contributed by atoms with Crippen molar-refractivity contribution in [1.82, 2.24) is 4.90 Å². The summed E-state index contributed by atoms with van der Waals surface area (Å²) in [5.41, 5.74) is -0.230. The van der Waals surface area contributed by atoms with Crippen LogP contribution in [-0.4, -0.2) is 48.7 Å². The number of rotatable bonds is 4. The number of ether oxygens (including phenoxy) is 3. The highest BCUT2D eigenvalue weighted by Gasteiger charge is 2.31. The standard InChI is InChI=1S/C19H27NO7/c1-12-15(17(22)24-5)10-14(26-12)11-25-16(21)13-6-8-20(9-7-13)18(23)27-19(2,3)4/h10,13H,6-9,11H2,1-5H3. The lowest BCUT2D eigenvalue weighted by molar-refractivity contribution is -0.152. The molecule has 0 bridgehead atoms. The van der Waals surface area contributed by atoms with Crippen LogP contribution < -0.4 is 0 Å². The number of amides is 1. The third-order valence-electron chi connectivity index (χ3n) is 4.21. The normalized spacial score (nSPS) is 15.4. The Bertz CT molecular complexity index is 693. The van der Waals surface area contributed by atoms with Crippen molar-refractivity contribution in [3.8, 4) is 0 Å². The van der Waals surface area contributed by atoms with Gasteiger partial charge in [0.15, 0.2) is 0 Å². The van der Waals surface area contributed by atoms with E-state index in [-0.39, 0.29) is 24.6 Å². The molecular weight excluding hydrogens is 354 g/mol. The lowest BCUT2D eigenvalue weighted by Crippen LogP contribution is -2.43. The first-order valence-corrected chi connectivity index (χ1v) is 8.93. The fraction of sp³-hybridized carbons (Fsp3) is 0.632. The number of esters is 2. The Balaban J connectivity index is 1.81. The first-order chi connectivity index (χ1) is 12.6. The van der Waals surface area contributed by atoms with E-state index in [0.717, 1.165) is 0 Å². The van der Waals surface area contributed by atoms with E-state index >= 15 is 0 Å². The second-order valence-electron chi connectivity index (χ2n) is 7.52. The molecule has 8 heteroatoms. The molecule has 1 aliphatic heterocycles. The lowest BCUT2D eigenvalue weighted by atomic mass is 9.97. The van der Waals surface area contributed by atoms with Crippen LogP contribution in [0.15, 0.2) is 10.5 Å². The highest BCUT2D eigenvalue weighted by Crippen LogP contribution is 2.22. The summed E-state index contributed by atoms with van der Waals surface area (Å²) in [7, 11) is 1.29. The van der Waals surface area contributed by atoms with E-state index in [1.165, 1.54) is 13.2 Å². The Morgan fingerprint density at radius 1 is 1.22 bits per heavy atom. The van der Waals surface area contributed by atoms with E-state index in [9.17, 15) is 14.4 Å². The third-order valence-corrected chi connectivity index (χ3v) is 4.21. The number of nitrogens with zero attached hydrogens (tertiary/aromatic N) is 1. The summed E-state index contributed by atoms with van der Waals surface area (Å²) in [6.07, 6.45) is 0.668. The van der Waals surface area contributed by atoms with Gasteiger partial charge in [-0.05, 0) is 46.6 Å². The molecule has 0 aromatic carbocycles. The number of likely N-dealkylation sites (tertiary alicyclic amines) is 1. The molecule has 1 aliphatic rings. The Labute approximate surface area is 158 Å². The summed E-state index contributed by atoms with van der Waals surface area (Å²) in [5.74, 6) is -0.318. The van der Waals surface area contributed by atoms with E-state index in [1.807, 2.05) is 20.8 Å². The second kappa shape index (κ2) is 8.45. The van der Waals surface area contributed by atoms with Crippen LogP contribution in [0, 0.1) is 12.8 Å². The highest BCUT2D eigenvalue weighted by molar-refractivity contribution is 5.90. The molecule has 0 unspecified atom stereocenters. The topological polar surface area (TPSA) is 95.3 Å². The van der Waals surface area contributed by atoms with Crippen molar-refractivity contribution in [2.75, 3.05) is 20.2 Å². The summed E-state index contributed by atoms with van der Waals surface area (Å²) >= 11 is 0. The largest absolute Gasteiger partial charge is 0.465 e. The molecule has 2 rings (SSSR count). The molecular formula is C19H27NO7. The van der Waals surface area contributed by atoms with Crippen molar-refractivity contribution in [3.63, 3.8) is 0 Å². The molecule has 1 fully saturated rings. The van der Waals surface area contributed by atoms with Crippen LogP contribution in [0.4, 0.5) is 4.79 Å². The minimum Gasteiger partial charge on any atom is -0.465 e. The minimum absolute atomic E-state index is 0.0526. The molecule has 1 amide bonds. The predicted octanol–water partition coefficient (Wildman–Crippen LogP) is 3.06. The molecule has 0 N–H and O–H groups in total. The molecule has 2 heterocycles. The van der Waals surface area contributed by atoms with Gasteiger partial charge in [0.25, 0.3) is 0 Å². The Morgan fingerprint density at radius 2 is 1.85 bits per heavy atom. The zero-order valence-electron chi connectivity index (χ0n) is 16.5. The summed E-state index contributed by atoms with van der Waals surface area (Å²) in [6, 6.07) is 1.51. The number of furan rings is 1. The molecule has 0 radical (unpaired) electrons. The van der Waals surface area contributed by atoms with Crippen molar-refractivity contribution in [2.24, 2.45) is 5.92 Å². The van der Waals surface area contributed by atoms with Crippen LogP contribution in [0.5, 0.6) is 0 Å². The second-order valence-corrected chi connectivity index (χ2v) is 7.52. The molecule has 0 spiro atoms. The van der Waals surface area contributed by atoms with E-state index in [0.29, 0.717) is 43.0 Å². The molecule has 1 saturated heterocycles. The van der Waals surface area contributed by atoms with Crippen molar-refractivity contribution in [1.29, 1.82) is 0 Å². The van der Waals surface area contributed by atoms with Gasteiger partial charge in [-0.3, -0.25) is 4.79 Å². The van der Waals surface area contributed by atoms with Gasteiger partial charge in [0, 0.05) is 13.1 Å². The van der Waals surface area contributed by atoms with E-state index in [2.05, 4.69) is 4.74 Å². The molecule has 1 aromatic heterocycles. The Kier molecular flexibility index (Phi) is 6.51. The quantitative estimate of drug-likeness (QED) is 0.584. The molecule has 1 aromatic rings. The van der Waals surface area contributed by atoms with Crippen molar-refractivity contribution < 1.29 is 33.0 Å². The molecule has 150 valence electrons. The predicted molar refractivity (Wildman–Crippen MR) is 95.1 cm³/mol. The van der Waals surface area contributed by atoms with Gasteiger partial charge in [0.05, 0.1) is 13.0 Å². The summed E-state index contributed by atoms with van der Waals surface area (Å²) in [4.78, 5) is 37.5. The maximum atomic E-state index is 12.3. The smallest absolute Gasteiger partial charge is 0.410 e. The van der Waals surface area contributed by atoms with Gasteiger partial charge in [0.2, 0.25) is 0 Å². The first kappa shape index (κ1) is 20.8. The number of methoxy groups -OCH3 is 1. The van der Waals surface area contributed by atoms with Gasteiger partial charge in [-0.1, -0.05) is 0 Å². The Hall–Kier alpha value is -2.51. The van der Waals surface area contributed by atoms with Crippen LogP contribution in [0.3, 0.4) is 0 Å². The van der Waals surface area contributed by atoms with Gasteiger partial charge in [0.1, 0.15) is 29.3 Å². The first-order valence-electron chi connectivity index (χ1n) is 8.93. The number of hydrogen-bond donors (Lipinski definition) is 0. The number of aryl methyl sites for hydroxylation is 1. The fourth-order valence-electron chi connectivity index (χ4n) is 2.81. The van der Waals surface area contributed by atoms with E-state index < -0.39 is 11.6 Å². The van der Waals surface area contributed by atoms with Crippen LogP contribution in [0.2, 0.25) is 0 Å². The SMILES string of the molecule is COC(=O)c1cc(COC(=O)C2CCN(C(=O)OC(C)(C)C)CC2)oc1C. The molecule has 0 saturated carbocycles. The summed E-state index contributed by atoms with van der Waals surface area (Å²) < 4.78 is 20.7. The zero-order chi connectivity index (χ0) is 20.2. The molecule has 27 heavy (non-hydrogen) atoms. The van der Waals surface area contributed by atoms with Crippen molar-refractivity contribution in [3.05, 3.63) is 23.2 Å². The van der Waals surface area contributed by atoms with Gasteiger partial charge < -0.3 is 23.5 Å². The molecule has 8 nitrogen and oxygen atoms in total. The third kappa shape index (κ3) is 5.74. The maximum Gasteiger partial charge on any atom is 0.410 e. The minimum atomic E-state index is -0.545. The number of piperidine rings is 1. The molecule has 0 atom stereocenters. The Morgan fingerprint density at radius 3 is 2.41 bits per heavy atom. The average molecular weight is 381 g/mol. The van der Waals surface area contributed by atoms with Crippen LogP contribution in [0.1, 0.15) is 55.5 Å². The van der Waals surface area contributed by atoms with Crippen LogP contribution in [0.25, 0.3) is 0 Å². The van der Waals surface area contributed by atoms with E-state index in [1.54, 1.807) is 11.8 Å². The number of carbonyl (C=O) groups is 3. The summed E-state index contributed by atoms with van der Waals surface area (Å²) in [5, 5.41) is 0. The number of hydrogen-bond acceptors (Lipinski definition) is 7. The van der Waals surface area contributed by atoms with Gasteiger partial charge in [-0.15, -0.1) is 0 Å². The lowest BCUT2D eigenvalue weighted by Gasteiger charge is -2.32. The van der Waals surface area contributed by atoms with Crippen molar-refractivity contribution in [2.45, 2.75) is 52.7 Å². The van der Waals surface area contributed by atoms with Crippen LogP contribution in [-0.2, 0) is 25.6 Å². The van der Waals surface area contributed by atoms with Gasteiger partial charge in [-0.25, -0.2) is 9.59 Å². The van der Waals surface area contributed by atoms with Gasteiger partial charge in [-0.2, -0.15) is 0 Å². The molecule has 0 aliphatic carbocycles. The van der Waals surface area contributed by atoms with Crippen molar-refractivity contribution >= 4 is 18.0 Å². The zero-order valence-corrected chi connectivity index (χ0v) is 16.5. The van der Waals surface area contributed by atoms with E-state index in [4.69, 9.17) is 13.9 Å². The highest BCUT2D eigenvalue weighted by atomic mass is 16.6.